The van der Waals surface area contributed by atoms with Gasteiger partial charge >= 0.3 is 0 Å². The van der Waals surface area contributed by atoms with Gasteiger partial charge in [-0.15, -0.1) is 0 Å². The van der Waals surface area contributed by atoms with E-state index in [0.717, 1.165) is 29.7 Å². The van der Waals surface area contributed by atoms with Crippen LogP contribution in [-0.2, 0) is 11.3 Å². The van der Waals surface area contributed by atoms with Crippen LogP contribution in [0.4, 0.5) is 0 Å². The van der Waals surface area contributed by atoms with Crippen LogP contribution >= 0.6 is 0 Å². The van der Waals surface area contributed by atoms with E-state index >= 15 is 0 Å². The summed E-state index contributed by atoms with van der Waals surface area (Å²) in [4.78, 5) is 16.9. The molecule has 27 heavy (non-hydrogen) atoms. The zero-order valence-electron chi connectivity index (χ0n) is 15.2. The largest absolute Gasteiger partial charge is 0.497 e. The molecule has 0 saturated heterocycles. The van der Waals surface area contributed by atoms with Crippen molar-refractivity contribution in [1.29, 1.82) is 0 Å². The minimum atomic E-state index is -0.0628. The van der Waals surface area contributed by atoms with Crippen molar-refractivity contribution in [3.8, 4) is 17.1 Å². The second-order valence-electron chi connectivity index (χ2n) is 6.79. The highest BCUT2D eigenvalue weighted by molar-refractivity contribution is 5.76. The summed E-state index contributed by atoms with van der Waals surface area (Å²) in [5.74, 6) is 1.87. The standard InChI is InChI=1S/C21H22N4O2/c1-27-18-11-9-16(10-12-18)20(15-7-8-15)23-19(26)13-25-14-22-21(24-25)17-5-3-2-4-6-17/h2-6,9-12,14-15,20H,7-8,13H2,1H3,(H,23,26). The van der Waals surface area contributed by atoms with Crippen molar-refractivity contribution in [3.05, 3.63) is 66.5 Å². The molecule has 1 heterocycles. The van der Waals surface area contributed by atoms with Gasteiger partial charge in [0.15, 0.2) is 5.82 Å². The summed E-state index contributed by atoms with van der Waals surface area (Å²) >= 11 is 0. The van der Waals surface area contributed by atoms with E-state index in [0.29, 0.717) is 11.7 Å². The lowest BCUT2D eigenvalue weighted by Gasteiger charge is -2.19. The van der Waals surface area contributed by atoms with E-state index in [9.17, 15) is 4.79 Å². The van der Waals surface area contributed by atoms with E-state index in [1.165, 1.54) is 0 Å². The molecule has 6 heteroatoms. The van der Waals surface area contributed by atoms with E-state index in [1.807, 2.05) is 54.6 Å². The summed E-state index contributed by atoms with van der Waals surface area (Å²) in [5.41, 5.74) is 2.04. The Balaban J connectivity index is 1.42. The third kappa shape index (κ3) is 4.16. The lowest BCUT2D eigenvalue weighted by Crippen LogP contribution is -2.32. The molecular weight excluding hydrogens is 340 g/mol. The van der Waals surface area contributed by atoms with Crippen molar-refractivity contribution in [1.82, 2.24) is 20.1 Å². The molecule has 0 bridgehead atoms. The molecule has 0 spiro atoms. The number of carbonyl (C=O) groups is 1. The number of carbonyl (C=O) groups excluding carboxylic acids is 1. The number of hydrogen-bond acceptors (Lipinski definition) is 4. The second-order valence-corrected chi connectivity index (χ2v) is 6.79. The molecule has 1 fully saturated rings. The van der Waals surface area contributed by atoms with Gasteiger partial charge in [-0.1, -0.05) is 42.5 Å². The molecule has 1 amide bonds. The summed E-state index contributed by atoms with van der Waals surface area (Å²) in [6.07, 6.45) is 3.87. The van der Waals surface area contributed by atoms with E-state index in [1.54, 1.807) is 18.1 Å². The summed E-state index contributed by atoms with van der Waals surface area (Å²) in [6, 6.07) is 17.7. The minimum absolute atomic E-state index is 0.0283. The van der Waals surface area contributed by atoms with E-state index in [-0.39, 0.29) is 18.5 Å². The fraction of sp³-hybridized carbons (Fsp3) is 0.286. The second kappa shape index (κ2) is 7.61. The smallest absolute Gasteiger partial charge is 0.242 e. The molecule has 1 unspecified atom stereocenters. The maximum Gasteiger partial charge on any atom is 0.242 e. The van der Waals surface area contributed by atoms with E-state index in [4.69, 9.17) is 4.74 Å². The number of nitrogens with one attached hydrogen (secondary N) is 1. The van der Waals surface area contributed by atoms with Gasteiger partial charge < -0.3 is 10.1 Å². The molecule has 1 aliphatic rings. The van der Waals surface area contributed by atoms with Gasteiger partial charge in [0.25, 0.3) is 0 Å². The molecule has 2 aromatic carbocycles. The first-order valence-corrected chi connectivity index (χ1v) is 9.11. The minimum Gasteiger partial charge on any atom is -0.497 e. The number of ether oxygens (including phenoxy) is 1. The van der Waals surface area contributed by atoms with Crippen LogP contribution in [0.5, 0.6) is 5.75 Å². The zero-order chi connectivity index (χ0) is 18.6. The molecular formula is C21H22N4O2. The predicted octanol–water partition coefficient (Wildman–Crippen LogP) is 3.22. The van der Waals surface area contributed by atoms with Gasteiger partial charge in [-0.25, -0.2) is 9.67 Å². The zero-order valence-corrected chi connectivity index (χ0v) is 15.2. The third-order valence-electron chi connectivity index (χ3n) is 4.76. The average Bonchev–Trinajstić information content (AvgIpc) is 3.45. The van der Waals surface area contributed by atoms with Crippen molar-refractivity contribution in [2.45, 2.75) is 25.4 Å². The summed E-state index contributed by atoms with van der Waals surface area (Å²) in [7, 11) is 1.65. The summed E-state index contributed by atoms with van der Waals surface area (Å²) < 4.78 is 6.80. The van der Waals surface area contributed by atoms with Crippen LogP contribution in [0, 0.1) is 5.92 Å². The fourth-order valence-electron chi connectivity index (χ4n) is 3.17. The first kappa shape index (κ1) is 17.3. The van der Waals surface area contributed by atoms with E-state index in [2.05, 4.69) is 15.4 Å². The van der Waals surface area contributed by atoms with Crippen molar-refractivity contribution >= 4 is 5.91 Å². The maximum atomic E-state index is 12.6. The number of amides is 1. The van der Waals surface area contributed by atoms with Crippen molar-refractivity contribution < 1.29 is 9.53 Å². The average molecular weight is 362 g/mol. The predicted molar refractivity (Wildman–Crippen MR) is 102 cm³/mol. The Morgan fingerprint density at radius 2 is 1.93 bits per heavy atom. The number of methoxy groups -OCH3 is 1. The van der Waals surface area contributed by atoms with Crippen LogP contribution in [0.1, 0.15) is 24.4 Å². The van der Waals surface area contributed by atoms with Crippen LogP contribution in [0.15, 0.2) is 60.9 Å². The maximum absolute atomic E-state index is 12.6. The van der Waals surface area contributed by atoms with Crippen molar-refractivity contribution in [2.24, 2.45) is 5.92 Å². The Morgan fingerprint density at radius 3 is 2.59 bits per heavy atom. The lowest BCUT2D eigenvalue weighted by molar-refractivity contribution is -0.122. The van der Waals surface area contributed by atoms with Gasteiger partial charge in [-0.05, 0) is 36.5 Å². The van der Waals surface area contributed by atoms with Crippen LogP contribution in [0.3, 0.4) is 0 Å². The lowest BCUT2D eigenvalue weighted by atomic mass is 10.0. The number of hydrogen-bond donors (Lipinski definition) is 1. The molecule has 0 aliphatic heterocycles. The number of rotatable bonds is 7. The van der Waals surface area contributed by atoms with Crippen molar-refractivity contribution in [3.63, 3.8) is 0 Å². The van der Waals surface area contributed by atoms with Gasteiger partial charge in [0.2, 0.25) is 5.91 Å². The van der Waals surface area contributed by atoms with Gasteiger partial charge in [0.05, 0.1) is 13.2 Å². The highest BCUT2D eigenvalue weighted by atomic mass is 16.5. The Bertz CT molecular complexity index is 901. The molecule has 138 valence electrons. The number of benzene rings is 2. The van der Waals surface area contributed by atoms with Crippen molar-refractivity contribution in [2.75, 3.05) is 7.11 Å². The SMILES string of the molecule is COc1ccc(C(NC(=O)Cn2cnc(-c3ccccc3)n2)C2CC2)cc1. The van der Waals surface area contributed by atoms with Gasteiger partial charge in [0, 0.05) is 5.56 Å². The normalized spacial score (nSPS) is 14.6. The molecule has 3 aromatic rings. The fourth-order valence-corrected chi connectivity index (χ4v) is 3.17. The van der Waals surface area contributed by atoms with Gasteiger partial charge in [-0.2, -0.15) is 5.10 Å². The first-order valence-electron chi connectivity index (χ1n) is 9.11. The Labute approximate surface area is 158 Å². The number of aromatic nitrogens is 3. The summed E-state index contributed by atoms with van der Waals surface area (Å²) in [5, 5.41) is 7.57. The van der Waals surface area contributed by atoms with Gasteiger partial charge in [0.1, 0.15) is 18.6 Å². The van der Waals surface area contributed by atoms with Crippen LogP contribution in [0.25, 0.3) is 11.4 Å². The Hall–Kier alpha value is -3.15. The Morgan fingerprint density at radius 1 is 1.19 bits per heavy atom. The highest BCUT2D eigenvalue weighted by Gasteiger charge is 2.33. The topological polar surface area (TPSA) is 69.0 Å². The van der Waals surface area contributed by atoms with Crippen LogP contribution < -0.4 is 10.1 Å². The number of nitrogens with zero attached hydrogens (tertiary/aromatic N) is 3. The molecule has 6 nitrogen and oxygen atoms in total. The molecule has 1 saturated carbocycles. The van der Waals surface area contributed by atoms with Gasteiger partial charge in [-0.3, -0.25) is 4.79 Å². The highest BCUT2D eigenvalue weighted by Crippen LogP contribution is 2.41. The molecule has 0 radical (unpaired) electrons. The molecule has 1 atom stereocenters. The quantitative estimate of drug-likeness (QED) is 0.701. The molecule has 1 aliphatic carbocycles. The monoisotopic (exact) mass is 362 g/mol. The third-order valence-corrected chi connectivity index (χ3v) is 4.76. The van der Waals surface area contributed by atoms with Crippen LogP contribution in [0.2, 0.25) is 0 Å². The molecule has 4 rings (SSSR count). The van der Waals surface area contributed by atoms with Crippen LogP contribution in [-0.4, -0.2) is 27.8 Å². The molecule has 1 aromatic heterocycles. The first-order chi connectivity index (χ1) is 13.2. The van der Waals surface area contributed by atoms with E-state index < -0.39 is 0 Å². The Kier molecular flexibility index (Phi) is 4.87. The summed E-state index contributed by atoms with van der Waals surface area (Å²) in [6.45, 7) is 0.152. The molecule has 1 N–H and O–H groups in total.